The number of hydrogen-bond acceptors (Lipinski definition) is 3. The second kappa shape index (κ2) is 6.64. The van der Waals surface area contributed by atoms with E-state index in [0.29, 0.717) is 5.92 Å². The molecule has 3 heteroatoms. The van der Waals surface area contributed by atoms with Gasteiger partial charge in [0.1, 0.15) is 5.82 Å². The number of anilines is 1. The molecule has 26 heavy (non-hydrogen) atoms. The highest BCUT2D eigenvalue weighted by Crippen LogP contribution is 2.42. The van der Waals surface area contributed by atoms with Gasteiger partial charge in [-0.05, 0) is 81.2 Å². The van der Waals surface area contributed by atoms with Gasteiger partial charge < -0.3 is 10.2 Å². The van der Waals surface area contributed by atoms with Crippen molar-refractivity contribution < 1.29 is 0 Å². The molecular weight excluding hydrogens is 318 g/mol. The molecule has 3 aliphatic rings. The summed E-state index contributed by atoms with van der Waals surface area (Å²) in [6.07, 6.45) is 10.2. The molecule has 0 spiro atoms. The van der Waals surface area contributed by atoms with Crippen molar-refractivity contribution in [3.8, 4) is 0 Å². The van der Waals surface area contributed by atoms with Crippen LogP contribution in [0.15, 0.2) is 71.4 Å². The lowest BCUT2D eigenvalue weighted by atomic mass is 10.1. The topological polar surface area (TPSA) is 27.6 Å². The summed E-state index contributed by atoms with van der Waals surface area (Å²) in [6, 6.07) is 6.67. The molecule has 1 aromatic rings. The number of allylic oxidation sites excluding steroid dienone is 3. The lowest BCUT2D eigenvalue weighted by Crippen LogP contribution is -2.23. The predicted octanol–water partition coefficient (Wildman–Crippen LogP) is 5.55. The zero-order valence-electron chi connectivity index (χ0n) is 15.8. The minimum Gasteiger partial charge on any atom is -0.356 e. The Morgan fingerprint density at radius 3 is 2.77 bits per heavy atom. The Hall–Kier alpha value is -2.55. The molecular formula is C23H27N3. The van der Waals surface area contributed by atoms with E-state index in [1.807, 2.05) is 6.20 Å². The third-order valence-electron chi connectivity index (χ3n) is 5.51. The van der Waals surface area contributed by atoms with E-state index in [2.05, 4.69) is 61.5 Å². The van der Waals surface area contributed by atoms with Crippen LogP contribution in [0.3, 0.4) is 0 Å². The van der Waals surface area contributed by atoms with Crippen molar-refractivity contribution in [1.82, 2.24) is 4.90 Å². The second-order valence-corrected chi connectivity index (χ2v) is 7.54. The van der Waals surface area contributed by atoms with Crippen LogP contribution >= 0.6 is 0 Å². The molecule has 134 valence electrons. The van der Waals surface area contributed by atoms with Crippen molar-refractivity contribution in [2.75, 3.05) is 5.32 Å². The van der Waals surface area contributed by atoms with Crippen molar-refractivity contribution in [3.63, 3.8) is 0 Å². The van der Waals surface area contributed by atoms with Crippen LogP contribution in [-0.2, 0) is 12.8 Å². The summed E-state index contributed by atoms with van der Waals surface area (Å²) in [6.45, 7) is 12.4. The summed E-state index contributed by atoms with van der Waals surface area (Å²) < 4.78 is 0. The van der Waals surface area contributed by atoms with Gasteiger partial charge in [0.25, 0.3) is 0 Å². The van der Waals surface area contributed by atoms with Gasteiger partial charge in [-0.25, -0.2) is 4.99 Å². The molecule has 1 fully saturated rings. The molecule has 1 saturated carbocycles. The number of rotatable bonds is 5. The highest BCUT2D eigenvalue weighted by Gasteiger charge is 2.32. The van der Waals surface area contributed by atoms with Crippen molar-refractivity contribution >= 4 is 11.4 Å². The first-order chi connectivity index (χ1) is 12.6. The van der Waals surface area contributed by atoms with Crippen LogP contribution in [0.5, 0.6) is 0 Å². The predicted molar refractivity (Wildman–Crippen MR) is 110 cm³/mol. The average molecular weight is 345 g/mol. The number of benzene rings is 1. The van der Waals surface area contributed by atoms with Crippen LogP contribution in [0.2, 0.25) is 0 Å². The van der Waals surface area contributed by atoms with Crippen LogP contribution in [0.4, 0.5) is 5.69 Å². The number of nitrogens with zero attached hydrogens (tertiary/aromatic N) is 2. The Labute approximate surface area is 156 Å². The standard InChI is InChI=1S/C23H27N3/c1-5-26-22(19-9-10-19)13-15(2)24-23(26)16(3)17(4)25-21-12-11-18-7-6-8-20(18)14-21/h5,11-14,19,25H,1,4,6-10H2,2-3H3/b23-16+. The quantitative estimate of drug-likeness (QED) is 0.758. The Morgan fingerprint density at radius 2 is 2.04 bits per heavy atom. The Kier molecular flexibility index (Phi) is 4.31. The first-order valence-electron chi connectivity index (χ1n) is 9.54. The first-order valence-corrected chi connectivity index (χ1v) is 9.54. The Morgan fingerprint density at radius 1 is 1.27 bits per heavy atom. The fourth-order valence-electron chi connectivity index (χ4n) is 3.86. The molecule has 1 heterocycles. The maximum absolute atomic E-state index is 4.79. The van der Waals surface area contributed by atoms with Gasteiger partial charge in [-0.3, -0.25) is 0 Å². The van der Waals surface area contributed by atoms with E-state index >= 15 is 0 Å². The number of nitrogens with one attached hydrogen (secondary N) is 1. The summed E-state index contributed by atoms with van der Waals surface area (Å²) in [4.78, 5) is 6.92. The third kappa shape index (κ3) is 3.14. The minimum atomic E-state index is 0.638. The molecule has 0 radical (unpaired) electrons. The number of aryl methyl sites for hydroxylation is 2. The van der Waals surface area contributed by atoms with Crippen molar-refractivity contribution in [1.29, 1.82) is 0 Å². The number of aliphatic imine (C=N–C) groups is 1. The van der Waals surface area contributed by atoms with Gasteiger partial charge in [0, 0.05) is 34.6 Å². The molecule has 0 unspecified atom stereocenters. The molecule has 1 aromatic carbocycles. The lowest BCUT2D eigenvalue weighted by molar-refractivity contribution is 0.520. The van der Waals surface area contributed by atoms with E-state index in [-0.39, 0.29) is 0 Å². The fourth-order valence-corrected chi connectivity index (χ4v) is 3.86. The van der Waals surface area contributed by atoms with Crippen LogP contribution in [0.1, 0.15) is 44.2 Å². The van der Waals surface area contributed by atoms with Gasteiger partial charge in [-0.2, -0.15) is 0 Å². The maximum atomic E-state index is 4.79. The third-order valence-corrected chi connectivity index (χ3v) is 5.51. The minimum absolute atomic E-state index is 0.638. The van der Waals surface area contributed by atoms with Gasteiger partial charge in [-0.1, -0.05) is 19.2 Å². The average Bonchev–Trinajstić information content (AvgIpc) is 3.38. The molecule has 0 bridgehead atoms. The zero-order chi connectivity index (χ0) is 18.3. The number of hydrogen-bond donors (Lipinski definition) is 1. The summed E-state index contributed by atoms with van der Waals surface area (Å²) in [5.41, 5.74) is 8.36. The maximum Gasteiger partial charge on any atom is 0.142 e. The van der Waals surface area contributed by atoms with E-state index in [1.165, 1.54) is 48.9 Å². The van der Waals surface area contributed by atoms with E-state index in [9.17, 15) is 0 Å². The van der Waals surface area contributed by atoms with Crippen LogP contribution < -0.4 is 5.32 Å². The Balaban J connectivity index is 1.60. The molecule has 4 rings (SSSR count). The van der Waals surface area contributed by atoms with E-state index in [1.54, 1.807) is 0 Å². The van der Waals surface area contributed by atoms with Gasteiger partial charge in [-0.15, -0.1) is 0 Å². The highest BCUT2D eigenvalue weighted by atomic mass is 15.2. The number of fused-ring (bicyclic) bond motifs is 1. The van der Waals surface area contributed by atoms with Crippen LogP contribution in [-0.4, -0.2) is 10.6 Å². The van der Waals surface area contributed by atoms with Gasteiger partial charge >= 0.3 is 0 Å². The lowest BCUT2D eigenvalue weighted by Gasteiger charge is -2.29. The van der Waals surface area contributed by atoms with Crippen LogP contribution in [0.25, 0.3) is 0 Å². The fraction of sp³-hybridized carbons (Fsp3) is 0.348. The molecule has 0 aromatic heterocycles. The molecule has 1 aliphatic heterocycles. The molecule has 2 aliphatic carbocycles. The molecule has 0 amide bonds. The monoisotopic (exact) mass is 345 g/mol. The normalized spacial score (nSPS) is 20.9. The van der Waals surface area contributed by atoms with Crippen LogP contribution in [0, 0.1) is 5.92 Å². The molecule has 0 atom stereocenters. The molecule has 3 nitrogen and oxygen atoms in total. The first kappa shape index (κ1) is 16.9. The highest BCUT2D eigenvalue weighted by molar-refractivity contribution is 5.95. The summed E-state index contributed by atoms with van der Waals surface area (Å²) in [5.74, 6) is 1.57. The van der Waals surface area contributed by atoms with Crippen molar-refractivity contribution in [3.05, 3.63) is 77.5 Å². The second-order valence-electron chi connectivity index (χ2n) is 7.54. The molecule has 0 saturated heterocycles. The van der Waals surface area contributed by atoms with Gasteiger partial charge in [0.2, 0.25) is 0 Å². The zero-order valence-corrected chi connectivity index (χ0v) is 15.8. The van der Waals surface area contributed by atoms with Gasteiger partial charge in [0.05, 0.1) is 0 Å². The van der Waals surface area contributed by atoms with E-state index in [4.69, 9.17) is 4.99 Å². The summed E-state index contributed by atoms with van der Waals surface area (Å²) in [7, 11) is 0. The van der Waals surface area contributed by atoms with E-state index in [0.717, 1.165) is 28.5 Å². The Bertz CT molecular complexity index is 865. The summed E-state index contributed by atoms with van der Waals surface area (Å²) in [5, 5.41) is 3.49. The van der Waals surface area contributed by atoms with Gasteiger partial charge in [0.15, 0.2) is 0 Å². The smallest absolute Gasteiger partial charge is 0.142 e. The SMILES string of the molecule is C=CN1C(C2CC2)=CC(C)=N/C1=C(/C)C(=C)Nc1ccc2c(c1)CCC2. The van der Waals surface area contributed by atoms with Crippen molar-refractivity contribution in [2.45, 2.75) is 46.0 Å². The largest absolute Gasteiger partial charge is 0.356 e. The molecule has 1 N–H and O–H groups in total. The van der Waals surface area contributed by atoms with E-state index < -0.39 is 0 Å². The van der Waals surface area contributed by atoms with Crippen molar-refractivity contribution in [2.24, 2.45) is 10.9 Å². The summed E-state index contributed by atoms with van der Waals surface area (Å²) >= 11 is 0.